The van der Waals surface area contributed by atoms with Gasteiger partial charge in [0.25, 0.3) is 0 Å². The van der Waals surface area contributed by atoms with Gasteiger partial charge in [0.2, 0.25) is 6.29 Å². The van der Waals surface area contributed by atoms with E-state index in [1.807, 2.05) is 13.8 Å². The molecule has 2 rings (SSSR count). The Morgan fingerprint density at radius 2 is 1.81 bits per heavy atom. The van der Waals surface area contributed by atoms with Crippen molar-refractivity contribution in [3.63, 3.8) is 0 Å². The summed E-state index contributed by atoms with van der Waals surface area (Å²) in [4.78, 5) is 12.4. The number of hydrogen-bond donors (Lipinski definition) is 6. The monoisotopic (exact) mass is 372 g/mol. The normalized spacial score (nSPS) is 29.0. The third-order valence-corrected chi connectivity index (χ3v) is 4.03. The fraction of sp³-hybridized carbons (Fsp3) is 0.588. The quantitative estimate of drug-likeness (QED) is 0.362. The van der Waals surface area contributed by atoms with Crippen LogP contribution in [0, 0.1) is 5.92 Å². The van der Waals surface area contributed by atoms with Gasteiger partial charge in [-0.05, 0) is 5.92 Å². The van der Waals surface area contributed by atoms with Crippen molar-refractivity contribution in [3.8, 4) is 17.2 Å². The highest BCUT2D eigenvalue weighted by Gasteiger charge is 2.45. The summed E-state index contributed by atoms with van der Waals surface area (Å²) in [6.45, 7) is 2.98. The SMILES string of the molecule is CC(C)CC(=O)c1c(O)cc(O)cc1O[C@H]1O[C@H](CO)[C@@H](O)[C@@H](O)[C@H]1O. The number of hydrogen-bond acceptors (Lipinski definition) is 9. The van der Waals surface area contributed by atoms with Gasteiger partial charge >= 0.3 is 0 Å². The second kappa shape index (κ2) is 8.19. The standard InChI is InChI=1S/C17H24O9/c1-7(2)3-9(20)13-10(21)4-8(19)5-11(13)25-17-16(24)15(23)14(22)12(6-18)26-17/h4-5,7,12,14-19,21-24H,3,6H2,1-2H3/t12-,14-,15-,16-,17+/m1/s1. The highest BCUT2D eigenvalue weighted by Crippen LogP contribution is 2.36. The third-order valence-electron chi connectivity index (χ3n) is 4.03. The van der Waals surface area contributed by atoms with Crippen LogP contribution in [0.3, 0.4) is 0 Å². The van der Waals surface area contributed by atoms with Gasteiger partial charge in [-0.3, -0.25) is 4.79 Å². The van der Waals surface area contributed by atoms with Crippen LogP contribution in [0.25, 0.3) is 0 Å². The molecule has 1 aliphatic rings. The summed E-state index contributed by atoms with van der Waals surface area (Å²) in [5.74, 6) is -1.59. The molecule has 9 heteroatoms. The van der Waals surface area contributed by atoms with Gasteiger partial charge in [0.1, 0.15) is 47.2 Å². The molecule has 0 aliphatic carbocycles. The zero-order chi connectivity index (χ0) is 19.6. The number of ether oxygens (including phenoxy) is 2. The number of carbonyl (C=O) groups is 1. The maximum atomic E-state index is 12.4. The minimum Gasteiger partial charge on any atom is -0.508 e. The van der Waals surface area contributed by atoms with E-state index in [0.29, 0.717) is 0 Å². The summed E-state index contributed by atoms with van der Waals surface area (Å²) in [6.07, 6.45) is -7.55. The van der Waals surface area contributed by atoms with E-state index in [-0.39, 0.29) is 29.4 Å². The second-order valence-electron chi connectivity index (χ2n) is 6.67. The second-order valence-corrected chi connectivity index (χ2v) is 6.67. The van der Waals surface area contributed by atoms with Crippen LogP contribution in [0.5, 0.6) is 17.2 Å². The lowest BCUT2D eigenvalue weighted by atomic mass is 9.98. The molecule has 0 radical (unpaired) electrons. The number of Topliss-reactive ketones (excluding diaryl/α,β-unsaturated/α-hetero) is 1. The van der Waals surface area contributed by atoms with Gasteiger partial charge in [0, 0.05) is 18.6 Å². The van der Waals surface area contributed by atoms with Crippen molar-refractivity contribution in [1.82, 2.24) is 0 Å². The van der Waals surface area contributed by atoms with Crippen molar-refractivity contribution in [2.24, 2.45) is 5.92 Å². The van der Waals surface area contributed by atoms with E-state index in [1.54, 1.807) is 0 Å². The molecule has 26 heavy (non-hydrogen) atoms. The van der Waals surface area contributed by atoms with Gasteiger partial charge in [0.05, 0.1) is 6.61 Å². The molecule has 0 aromatic heterocycles. The number of phenols is 2. The minimum atomic E-state index is -1.69. The van der Waals surface area contributed by atoms with E-state index in [1.165, 1.54) is 0 Å². The lowest BCUT2D eigenvalue weighted by molar-refractivity contribution is -0.277. The van der Waals surface area contributed by atoms with Crippen LogP contribution in [0.4, 0.5) is 0 Å². The Bertz CT molecular complexity index is 643. The van der Waals surface area contributed by atoms with Crippen LogP contribution in [0.15, 0.2) is 12.1 Å². The first-order valence-electron chi connectivity index (χ1n) is 8.22. The molecular weight excluding hydrogens is 348 g/mol. The molecule has 0 unspecified atom stereocenters. The van der Waals surface area contributed by atoms with Crippen LogP contribution in [0.1, 0.15) is 30.6 Å². The van der Waals surface area contributed by atoms with Crippen molar-refractivity contribution < 1.29 is 44.9 Å². The lowest BCUT2D eigenvalue weighted by Crippen LogP contribution is -2.60. The summed E-state index contributed by atoms with van der Waals surface area (Å²) in [5, 5.41) is 58.6. The minimum absolute atomic E-state index is 0.00388. The summed E-state index contributed by atoms with van der Waals surface area (Å²) >= 11 is 0. The highest BCUT2D eigenvalue weighted by molar-refractivity contribution is 6.01. The van der Waals surface area contributed by atoms with Crippen LogP contribution >= 0.6 is 0 Å². The number of rotatable bonds is 6. The Labute approximate surface area is 150 Å². The predicted molar refractivity (Wildman–Crippen MR) is 88.0 cm³/mol. The van der Waals surface area contributed by atoms with E-state index >= 15 is 0 Å². The zero-order valence-corrected chi connectivity index (χ0v) is 14.4. The topological polar surface area (TPSA) is 157 Å². The Balaban J connectivity index is 2.34. The van der Waals surface area contributed by atoms with E-state index < -0.39 is 48.8 Å². The number of aromatic hydroxyl groups is 2. The summed E-state index contributed by atoms with van der Waals surface area (Å²) in [6, 6.07) is 2.04. The van der Waals surface area contributed by atoms with Crippen molar-refractivity contribution >= 4 is 5.78 Å². The molecule has 5 atom stereocenters. The summed E-state index contributed by atoms with van der Waals surface area (Å²) < 4.78 is 10.6. The van der Waals surface area contributed by atoms with E-state index in [9.17, 15) is 35.4 Å². The van der Waals surface area contributed by atoms with Crippen molar-refractivity contribution in [2.45, 2.75) is 51.0 Å². The number of benzene rings is 1. The molecule has 9 nitrogen and oxygen atoms in total. The van der Waals surface area contributed by atoms with Crippen LogP contribution in [-0.4, -0.2) is 73.7 Å². The van der Waals surface area contributed by atoms with Crippen LogP contribution < -0.4 is 4.74 Å². The van der Waals surface area contributed by atoms with Crippen LogP contribution in [0.2, 0.25) is 0 Å². The van der Waals surface area contributed by atoms with Gasteiger partial charge in [-0.25, -0.2) is 0 Å². The fourth-order valence-corrected chi connectivity index (χ4v) is 2.72. The number of aliphatic hydroxyl groups is 4. The molecule has 0 spiro atoms. The van der Waals surface area contributed by atoms with E-state index in [2.05, 4.69) is 0 Å². The largest absolute Gasteiger partial charge is 0.508 e. The molecule has 1 aromatic carbocycles. The molecule has 1 aliphatic heterocycles. The Morgan fingerprint density at radius 1 is 1.15 bits per heavy atom. The summed E-state index contributed by atoms with van der Waals surface area (Å²) in [5.41, 5.74) is -0.200. The molecule has 1 saturated heterocycles. The first-order valence-corrected chi connectivity index (χ1v) is 8.22. The van der Waals surface area contributed by atoms with Gasteiger partial charge < -0.3 is 40.1 Å². The van der Waals surface area contributed by atoms with Gasteiger partial charge in [-0.1, -0.05) is 13.8 Å². The van der Waals surface area contributed by atoms with E-state index in [0.717, 1.165) is 12.1 Å². The third kappa shape index (κ3) is 4.25. The fourth-order valence-electron chi connectivity index (χ4n) is 2.72. The Hall–Kier alpha value is -1.91. The first-order chi connectivity index (χ1) is 12.1. The zero-order valence-electron chi connectivity index (χ0n) is 14.4. The molecule has 0 saturated carbocycles. The van der Waals surface area contributed by atoms with E-state index in [4.69, 9.17) is 9.47 Å². The number of phenolic OH excluding ortho intramolecular Hbond substituents is 2. The van der Waals surface area contributed by atoms with Gasteiger partial charge in [-0.2, -0.15) is 0 Å². The maximum Gasteiger partial charge on any atom is 0.229 e. The highest BCUT2D eigenvalue weighted by atomic mass is 16.7. The molecule has 1 fully saturated rings. The van der Waals surface area contributed by atoms with Gasteiger partial charge in [-0.15, -0.1) is 0 Å². The average Bonchev–Trinajstić information content (AvgIpc) is 2.54. The number of aliphatic hydroxyl groups excluding tert-OH is 4. The Morgan fingerprint density at radius 3 is 2.38 bits per heavy atom. The molecule has 1 heterocycles. The maximum absolute atomic E-state index is 12.4. The Kier molecular flexibility index (Phi) is 6.43. The van der Waals surface area contributed by atoms with Crippen molar-refractivity contribution in [1.29, 1.82) is 0 Å². The smallest absolute Gasteiger partial charge is 0.229 e. The number of ketones is 1. The first kappa shape index (κ1) is 20.4. The molecular formula is C17H24O9. The summed E-state index contributed by atoms with van der Waals surface area (Å²) in [7, 11) is 0. The molecule has 146 valence electrons. The number of carbonyl (C=O) groups excluding carboxylic acids is 1. The molecule has 0 amide bonds. The molecule has 1 aromatic rings. The van der Waals surface area contributed by atoms with Crippen LogP contribution in [-0.2, 0) is 4.74 Å². The average molecular weight is 372 g/mol. The van der Waals surface area contributed by atoms with Gasteiger partial charge in [0.15, 0.2) is 5.78 Å². The molecule has 6 N–H and O–H groups in total. The van der Waals surface area contributed by atoms with Crippen molar-refractivity contribution in [3.05, 3.63) is 17.7 Å². The predicted octanol–water partition coefficient (Wildman–Crippen LogP) is -0.495. The molecule has 0 bridgehead atoms. The van der Waals surface area contributed by atoms with Crippen molar-refractivity contribution in [2.75, 3.05) is 6.61 Å². The lowest BCUT2D eigenvalue weighted by Gasteiger charge is -2.39.